The summed E-state index contributed by atoms with van der Waals surface area (Å²) in [5.41, 5.74) is 1.72. The van der Waals surface area contributed by atoms with E-state index >= 15 is 0 Å². The van der Waals surface area contributed by atoms with Crippen LogP contribution in [0.1, 0.15) is 30.8 Å². The van der Waals surface area contributed by atoms with Crippen molar-refractivity contribution in [3.8, 4) is 0 Å². The number of nitrogens with one attached hydrogen (secondary N) is 1. The first kappa shape index (κ1) is 20.8. The Morgan fingerprint density at radius 1 is 1.17 bits per heavy atom. The van der Waals surface area contributed by atoms with Crippen LogP contribution >= 0.6 is 11.3 Å². The molecule has 1 aliphatic carbocycles. The van der Waals surface area contributed by atoms with Gasteiger partial charge in [0.2, 0.25) is 11.8 Å². The Morgan fingerprint density at radius 3 is 2.53 bits per heavy atom. The number of fused-ring (bicyclic) bond motifs is 1. The number of hydrogen-bond donors (Lipinski definition) is 1. The highest BCUT2D eigenvalue weighted by molar-refractivity contribution is 7.15. The molecule has 2 heterocycles. The number of halogens is 1. The number of thiazole rings is 1. The Hall–Kier alpha value is -2.48. The molecule has 0 unspecified atom stereocenters. The molecule has 8 heteroatoms. The highest BCUT2D eigenvalue weighted by atomic mass is 32.1. The molecular formula is C22H27FN4O2S. The molecule has 1 atom stereocenters. The van der Waals surface area contributed by atoms with Crippen molar-refractivity contribution in [2.24, 2.45) is 11.8 Å². The second-order valence-corrected chi connectivity index (χ2v) is 9.33. The molecule has 0 bridgehead atoms. The fraction of sp³-hybridized carbons (Fsp3) is 0.500. The molecule has 6 nitrogen and oxygen atoms in total. The second kappa shape index (κ2) is 8.71. The fourth-order valence-corrected chi connectivity index (χ4v) is 5.22. The Labute approximate surface area is 180 Å². The summed E-state index contributed by atoms with van der Waals surface area (Å²) in [6.45, 7) is 6.91. The molecule has 4 rings (SSSR count). The van der Waals surface area contributed by atoms with E-state index < -0.39 is 0 Å². The van der Waals surface area contributed by atoms with Crippen LogP contribution < -0.4 is 10.2 Å². The van der Waals surface area contributed by atoms with E-state index in [4.69, 9.17) is 4.98 Å². The third-order valence-corrected chi connectivity index (χ3v) is 6.95. The minimum atomic E-state index is -0.318. The van der Waals surface area contributed by atoms with Crippen molar-refractivity contribution in [3.63, 3.8) is 0 Å². The van der Waals surface area contributed by atoms with E-state index in [9.17, 15) is 14.0 Å². The Kier molecular flexibility index (Phi) is 6.04. The van der Waals surface area contributed by atoms with Gasteiger partial charge in [0.15, 0.2) is 5.13 Å². The number of carbonyl (C=O) groups excluding carboxylic acids is 2. The van der Waals surface area contributed by atoms with Gasteiger partial charge in [-0.05, 0) is 43.5 Å². The van der Waals surface area contributed by atoms with Gasteiger partial charge in [-0.25, -0.2) is 9.37 Å². The van der Waals surface area contributed by atoms with Gasteiger partial charge in [0.05, 0.1) is 5.69 Å². The van der Waals surface area contributed by atoms with E-state index in [0.29, 0.717) is 12.1 Å². The van der Waals surface area contributed by atoms with Crippen molar-refractivity contribution in [1.82, 2.24) is 9.88 Å². The van der Waals surface area contributed by atoms with E-state index in [1.54, 1.807) is 23.5 Å². The lowest BCUT2D eigenvalue weighted by Crippen LogP contribution is -2.49. The highest BCUT2D eigenvalue weighted by Gasteiger charge is 2.30. The molecule has 2 aliphatic rings. The zero-order chi connectivity index (χ0) is 21.3. The number of aryl methyl sites for hydroxylation is 1. The molecule has 1 aromatic heterocycles. The number of nitrogens with zero attached hydrogens (tertiary/aromatic N) is 3. The minimum absolute atomic E-state index is 0.0250. The van der Waals surface area contributed by atoms with Gasteiger partial charge in [0, 0.05) is 48.6 Å². The summed E-state index contributed by atoms with van der Waals surface area (Å²) in [5.74, 6) is -0.203. The lowest BCUT2D eigenvalue weighted by Gasteiger charge is -2.35. The number of benzene rings is 1. The van der Waals surface area contributed by atoms with Crippen molar-refractivity contribution in [3.05, 3.63) is 40.7 Å². The number of aromatic nitrogens is 1. The van der Waals surface area contributed by atoms with Gasteiger partial charge in [-0.1, -0.05) is 13.8 Å². The fourth-order valence-electron chi connectivity index (χ4n) is 3.98. The van der Waals surface area contributed by atoms with Crippen molar-refractivity contribution in [2.75, 3.05) is 36.4 Å². The number of piperazine rings is 1. The quantitative estimate of drug-likeness (QED) is 0.808. The van der Waals surface area contributed by atoms with Crippen LogP contribution in [-0.2, 0) is 22.4 Å². The summed E-state index contributed by atoms with van der Waals surface area (Å²) >= 11 is 1.67. The SMILES string of the molecule is CC(C)C(=O)N1CCN(c2nc3c(s2)C[C@@H](C(=O)Nc2ccc(F)cc2)CC3)CC1. The molecule has 2 aromatic rings. The number of amides is 2. The van der Waals surface area contributed by atoms with Crippen LogP contribution in [0.15, 0.2) is 24.3 Å². The predicted molar refractivity (Wildman–Crippen MR) is 116 cm³/mol. The van der Waals surface area contributed by atoms with Gasteiger partial charge in [-0.3, -0.25) is 9.59 Å². The van der Waals surface area contributed by atoms with Crippen LogP contribution in [0.25, 0.3) is 0 Å². The first-order valence-electron chi connectivity index (χ1n) is 10.5. The molecule has 0 spiro atoms. The minimum Gasteiger partial charge on any atom is -0.345 e. The van der Waals surface area contributed by atoms with Gasteiger partial charge < -0.3 is 15.1 Å². The van der Waals surface area contributed by atoms with Crippen LogP contribution in [0.2, 0.25) is 0 Å². The highest BCUT2D eigenvalue weighted by Crippen LogP contribution is 2.35. The molecule has 1 aliphatic heterocycles. The van der Waals surface area contributed by atoms with Crippen LogP contribution in [-0.4, -0.2) is 47.9 Å². The Morgan fingerprint density at radius 2 is 1.87 bits per heavy atom. The van der Waals surface area contributed by atoms with Gasteiger partial charge >= 0.3 is 0 Å². The summed E-state index contributed by atoms with van der Waals surface area (Å²) in [4.78, 5) is 35.0. The third kappa shape index (κ3) is 4.48. The number of rotatable bonds is 4. The second-order valence-electron chi connectivity index (χ2n) is 8.27. The van der Waals surface area contributed by atoms with Gasteiger partial charge in [0.1, 0.15) is 5.82 Å². The lowest BCUT2D eigenvalue weighted by molar-refractivity contribution is -0.134. The smallest absolute Gasteiger partial charge is 0.227 e. The molecule has 2 amide bonds. The molecule has 0 saturated carbocycles. The maximum Gasteiger partial charge on any atom is 0.227 e. The first-order valence-corrected chi connectivity index (χ1v) is 11.3. The molecular weight excluding hydrogens is 403 g/mol. The van der Waals surface area contributed by atoms with Gasteiger partial charge in [0.25, 0.3) is 0 Å². The van der Waals surface area contributed by atoms with Crippen LogP contribution in [0, 0.1) is 17.7 Å². The number of carbonyl (C=O) groups is 2. The Bertz CT molecular complexity index is 920. The monoisotopic (exact) mass is 430 g/mol. The lowest BCUT2D eigenvalue weighted by atomic mass is 9.90. The molecule has 1 aromatic carbocycles. The maximum atomic E-state index is 13.1. The standard InChI is InChI=1S/C22H27FN4O2S/c1-14(2)21(29)26-9-11-27(12-10-26)22-25-18-8-3-15(13-19(18)30-22)20(28)24-17-6-4-16(23)5-7-17/h4-7,14-15H,3,8-13H2,1-2H3,(H,24,28)/t15-/m0/s1. The van der Waals surface area contributed by atoms with Crippen molar-refractivity contribution in [2.45, 2.75) is 33.1 Å². The molecule has 30 heavy (non-hydrogen) atoms. The molecule has 160 valence electrons. The summed E-state index contributed by atoms with van der Waals surface area (Å²) in [7, 11) is 0. The third-order valence-electron chi connectivity index (χ3n) is 5.77. The Balaban J connectivity index is 1.36. The average molecular weight is 431 g/mol. The molecule has 1 N–H and O–H groups in total. The molecule has 1 saturated heterocycles. The molecule has 1 fully saturated rings. The summed E-state index contributed by atoms with van der Waals surface area (Å²) in [6.07, 6.45) is 2.24. The van der Waals surface area contributed by atoms with E-state index in [2.05, 4.69) is 10.2 Å². The maximum absolute atomic E-state index is 13.1. The summed E-state index contributed by atoms with van der Waals surface area (Å²) in [5, 5.41) is 3.89. The van der Waals surface area contributed by atoms with E-state index in [1.165, 1.54) is 17.0 Å². The van der Waals surface area contributed by atoms with E-state index in [1.807, 2.05) is 18.7 Å². The normalized spacial score (nSPS) is 19.0. The number of anilines is 2. The zero-order valence-corrected chi connectivity index (χ0v) is 18.2. The van der Waals surface area contributed by atoms with Crippen molar-refractivity contribution >= 4 is 34.0 Å². The van der Waals surface area contributed by atoms with Crippen LogP contribution in [0.3, 0.4) is 0 Å². The van der Waals surface area contributed by atoms with Crippen molar-refractivity contribution in [1.29, 1.82) is 0 Å². The van der Waals surface area contributed by atoms with E-state index in [0.717, 1.165) is 49.8 Å². The zero-order valence-electron chi connectivity index (χ0n) is 17.4. The predicted octanol–water partition coefficient (Wildman–Crippen LogP) is 3.33. The largest absolute Gasteiger partial charge is 0.345 e. The van der Waals surface area contributed by atoms with Gasteiger partial charge in [-0.2, -0.15) is 0 Å². The number of hydrogen-bond acceptors (Lipinski definition) is 5. The topological polar surface area (TPSA) is 65.5 Å². The summed E-state index contributed by atoms with van der Waals surface area (Å²) in [6, 6.07) is 5.85. The van der Waals surface area contributed by atoms with Crippen LogP contribution in [0.5, 0.6) is 0 Å². The first-order chi connectivity index (χ1) is 14.4. The molecule has 0 radical (unpaired) electrons. The summed E-state index contributed by atoms with van der Waals surface area (Å²) < 4.78 is 13.1. The van der Waals surface area contributed by atoms with E-state index in [-0.39, 0.29) is 29.5 Å². The van der Waals surface area contributed by atoms with Crippen molar-refractivity contribution < 1.29 is 14.0 Å². The van der Waals surface area contributed by atoms with Gasteiger partial charge in [-0.15, -0.1) is 11.3 Å². The van der Waals surface area contributed by atoms with Crippen LogP contribution in [0.4, 0.5) is 15.2 Å². The average Bonchev–Trinajstić information content (AvgIpc) is 3.18.